The summed E-state index contributed by atoms with van der Waals surface area (Å²) in [5.74, 6) is 0. The maximum absolute atomic E-state index is 11.0. The fourth-order valence-electron chi connectivity index (χ4n) is 2.92. The third-order valence-corrected chi connectivity index (χ3v) is 4.33. The van der Waals surface area contributed by atoms with Crippen LogP contribution in [0.1, 0.15) is 5.69 Å². The molecule has 0 radical (unpaired) electrons. The van der Waals surface area contributed by atoms with Gasteiger partial charge in [0.05, 0.1) is 6.07 Å². The lowest BCUT2D eigenvalue weighted by molar-refractivity contribution is -0.00312. The summed E-state index contributed by atoms with van der Waals surface area (Å²) in [5.41, 5.74) is -0.0355. The molecule has 2 aliphatic heterocycles. The van der Waals surface area contributed by atoms with E-state index in [4.69, 9.17) is 16.7 Å². The highest BCUT2D eigenvalue weighted by Crippen LogP contribution is 2.37. The van der Waals surface area contributed by atoms with Crippen LogP contribution in [0.4, 0.5) is 4.79 Å². The van der Waals surface area contributed by atoms with Gasteiger partial charge in [-0.15, -0.1) is 0 Å². The van der Waals surface area contributed by atoms with E-state index in [1.807, 2.05) is 11.1 Å². The first-order valence-electron chi connectivity index (χ1n) is 7.36. The van der Waals surface area contributed by atoms with Gasteiger partial charge in [0.1, 0.15) is 11.6 Å². The second-order valence-corrected chi connectivity index (χ2v) is 6.06. The molecular weight excluding hydrogens is 332 g/mol. The number of likely N-dealkylation sites (tertiary alicyclic amines) is 1. The summed E-state index contributed by atoms with van der Waals surface area (Å²) >= 11 is 5.79. The molecule has 0 spiro atoms. The number of nitrogens with zero attached hydrogens (tertiary/aromatic N) is 6. The van der Waals surface area contributed by atoms with Crippen molar-refractivity contribution in [3.63, 3.8) is 0 Å². The minimum Gasteiger partial charge on any atom is -0.465 e. The molecule has 9 heteroatoms. The van der Waals surface area contributed by atoms with Crippen molar-refractivity contribution in [3.05, 3.63) is 35.5 Å². The molecule has 1 saturated heterocycles. The van der Waals surface area contributed by atoms with Crippen molar-refractivity contribution in [2.24, 2.45) is 10.4 Å². The van der Waals surface area contributed by atoms with Crippen molar-refractivity contribution in [1.29, 1.82) is 5.26 Å². The van der Waals surface area contributed by atoms with Gasteiger partial charge in [-0.1, -0.05) is 0 Å². The molecule has 0 aromatic carbocycles. The summed E-state index contributed by atoms with van der Waals surface area (Å²) < 4.78 is 0. The molecule has 3 rings (SSSR count). The highest BCUT2D eigenvalue weighted by Gasteiger charge is 2.53. The maximum Gasteiger partial charge on any atom is 0.407 e. The predicted molar refractivity (Wildman–Crippen MR) is 86.5 cm³/mol. The average Bonchev–Trinajstić information content (AvgIpc) is 2.53. The zero-order valence-electron chi connectivity index (χ0n) is 12.7. The Balaban J connectivity index is 1.70. The Morgan fingerprint density at radius 3 is 3.00 bits per heavy atom. The van der Waals surface area contributed by atoms with Crippen LogP contribution in [0.15, 0.2) is 29.5 Å². The predicted octanol–water partition coefficient (Wildman–Crippen LogP) is 1.40. The number of hydrogen-bond acceptors (Lipinski definition) is 6. The monoisotopic (exact) mass is 346 g/mol. The molecule has 3 heterocycles. The maximum atomic E-state index is 11.0. The van der Waals surface area contributed by atoms with Crippen LogP contribution < -0.4 is 0 Å². The average molecular weight is 347 g/mol. The van der Waals surface area contributed by atoms with Gasteiger partial charge >= 0.3 is 6.09 Å². The van der Waals surface area contributed by atoms with E-state index in [2.05, 4.69) is 21.0 Å². The van der Waals surface area contributed by atoms with Gasteiger partial charge in [-0.3, -0.25) is 4.99 Å². The van der Waals surface area contributed by atoms with Gasteiger partial charge in [0.25, 0.3) is 0 Å². The van der Waals surface area contributed by atoms with Crippen LogP contribution in [0.25, 0.3) is 0 Å². The number of rotatable bonds is 4. The Hall–Kier alpha value is -2.66. The molecule has 1 unspecified atom stereocenters. The van der Waals surface area contributed by atoms with Gasteiger partial charge in [-0.25, -0.2) is 14.8 Å². The summed E-state index contributed by atoms with van der Waals surface area (Å²) in [6, 6.07) is 4.05. The first-order chi connectivity index (χ1) is 11.5. The number of nitriles is 1. The quantitative estimate of drug-likeness (QED) is 0.826. The van der Waals surface area contributed by atoms with E-state index < -0.39 is 17.7 Å². The number of aromatic nitrogens is 2. The molecule has 0 saturated carbocycles. The number of carboxylic acid groups (broad SMARTS) is 1. The van der Waals surface area contributed by atoms with E-state index in [0.717, 1.165) is 5.69 Å². The first kappa shape index (κ1) is 16.2. The van der Waals surface area contributed by atoms with Gasteiger partial charge in [0.15, 0.2) is 0 Å². The minimum absolute atomic E-state index is 0.157. The van der Waals surface area contributed by atoms with Crippen LogP contribution in [0, 0.1) is 16.7 Å². The van der Waals surface area contributed by atoms with Gasteiger partial charge in [-0.2, -0.15) is 5.26 Å². The topological polar surface area (TPSA) is 106 Å². The molecule has 1 amide bonds. The fourth-order valence-corrected chi connectivity index (χ4v) is 3.08. The lowest BCUT2D eigenvalue weighted by Gasteiger charge is -2.50. The third kappa shape index (κ3) is 3.03. The second kappa shape index (κ2) is 6.45. The Morgan fingerprint density at radius 2 is 2.33 bits per heavy atom. The molecule has 1 N–H and O–H groups in total. The number of hydrogen-bond donors (Lipinski definition) is 1. The third-order valence-electron chi connectivity index (χ3n) is 4.15. The van der Waals surface area contributed by atoms with E-state index in [0.29, 0.717) is 13.0 Å². The standard InChI is InChI=1S/C15H15ClN6O2/c16-13-19-5-2-11(20-13)3-7-21-6-1-4-18-12(21)15(8-17)9-22(10-15)14(23)24/h1-2,4-6,12H,3,7,9-10H2,(H,23,24). The summed E-state index contributed by atoms with van der Waals surface area (Å²) in [4.78, 5) is 26.6. The van der Waals surface area contributed by atoms with E-state index in [9.17, 15) is 10.1 Å². The molecule has 1 aromatic heterocycles. The number of allylic oxidation sites excluding steroid dienone is 1. The van der Waals surface area contributed by atoms with Crippen molar-refractivity contribution in [1.82, 2.24) is 19.8 Å². The lowest BCUT2D eigenvalue weighted by atomic mass is 9.77. The van der Waals surface area contributed by atoms with Crippen LogP contribution in [-0.4, -0.2) is 63.0 Å². The van der Waals surface area contributed by atoms with E-state index in [1.54, 1.807) is 24.6 Å². The van der Waals surface area contributed by atoms with Crippen molar-refractivity contribution >= 4 is 23.9 Å². The molecule has 1 fully saturated rings. The molecule has 124 valence electrons. The van der Waals surface area contributed by atoms with Crippen molar-refractivity contribution in [2.75, 3.05) is 19.6 Å². The number of carbonyl (C=O) groups is 1. The van der Waals surface area contributed by atoms with Crippen LogP contribution in [-0.2, 0) is 6.42 Å². The Labute approximate surface area is 143 Å². The van der Waals surface area contributed by atoms with E-state index in [1.165, 1.54) is 4.90 Å². The van der Waals surface area contributed by atoms with Crippen molar-refractivity contribution in [2.45, 2.75) is 12.6 Å². The SMILES string of the molecule is N#CC1(C2N=CC=CN2CCc2ccnc(Cl)n2)CN(C(=O)O)C1. The van der Waals surface area contributed by atoms with Gasteiger partial charge in [-0.05, 0) is 23.7 Å². The first-order valence-corrected chi connectivity index (χ1v) is 7.74. The molecule has 1 aromatic rings. The summed E-state index contributed by atoms with van der Waals surface area (Å²) in [6.45, 7) is 0.900. The van der Waals surface area contributed by atoms with Crippen molar-refractivity contribution < 1.29 is 9.90 Å². The Kier molecular flexibility index (Phi) is 4.36. The fraction of sp³-hybridized carbons (Fsp3) is 0.400. The van der Waals surface area contributed by atoms with Crippen LogP contribution in [0.3, 0.4) is 0 Å². The van der Waals surface area contributed by atoms with Crippen molar-refractivity contribution in [3.8, 4) is 6.07 Å². The van der Waals surface area contributed by atoms with Crippen LogP contribution >= 0.6 is 11.6 Å². The zero-order chi connectivity index (χ0) is 17.2. The molecule has 24 heavy (non-hydrogen) atoms. The van der Waals surface area contributed by atoms with Gasteiger partial charge in [0, 0.05) is 50.4 Å². The van der Waals surface area contributed by atoms with Crippen LogP contribution in [0.5, 0.6) is 0 Å². The zero-order valence-corrected chi connectivity index (χ0v) is 13.5. The largest absolute Gasteiger partial charge is 0.465 e. The minimum atomic E-state index is -1.02. The van der Waals surface area contributed by atoms with Gasteiger partial charge in [0.2, 0.25) is 5.28 Å². The molecule has 0 bridgehead atoms. The van der Waals surface area contributed by atoms with Crippen LogP contribution in [0.2, 0.25) is 5.28 Å². The molecule has 1 atom stereocenters. The normalized spacial score (nSPS) is 21.2. The van der Waals surface area contributed by atoms with E-state index in [-0.39, 0.29) is 18.4 Å². The second-order valence-electron chi connectivity index (χ2n) is 5.72. The molecule has 0 aliphatic carbocycles. The summed E-state index contributed by atoms with van der Waals surface area (Å²) in [7, 11) is 0. The molecule has 2 aliphatic rings. The van der Waals surface area contributed by atoms with Gasteiger partial charge < -0.3 is 14.9 Å². The number of amides is 1. The van der Waals surface area contributed by atoms with E-state index >= 15 is 0 Å². The highest BCUT2D eigenvalue weighted by atomic mass is 35.5. The molecule has 8 nitrogen and oxygen atoms in total. The number of halogens is 1. The number of aliphatic imine (C=N–C) groups is 1. The smallest absolute Gasteiger partial charge is 0.407 e. The summed E-state index contributed by atoms with van der Waals surface area (Å²) in [6.07, 6.45) is 6.08. The lowest BCUT2D eigenvalue weighted by Crippen LogP contribution is -2.65. The molecular formula is C15H15ClN6O2. The highest BCUT2D eigenvalue weighted by molar-refractivity contribution is 6.28. The Morgan fingerprint density at radius 1 is 1.54 bits per heavy atom. The summed E-state index contributed by atoms with van der Waals surface area (Å²) in [5, 5.41) is 18.8. The Bertz CT molecular complexity index is 738.